The fourth-order valence-electron chi connectivity index (χ4n) is 1.69. The van der Waals surface area contributed by atoms with Crippen LogP contribution in [0.25, 0.3) is 0 Å². The first-order valence-corrected chi connectivity index (χ1v) is 7.10. The van der Waals surface area contributed by atoms with Crippen LogP contribution in [0.5, 0.6) is 0 Å². The van der Waals surface area contributed by atoms with Gasteiger partial charge in [-0.3, -0.25) is 0 Å². The molecule has 0 atom stereocenters. The number of nitrogens with one attached hydrogen (secondary N) is 1. The van der Waals surface area contributed by atoms with Gasteiger partial charge in [-0.05, 0) is 46.2 Å². The van der Waals surface area contributed by atoms with E-state index in [1.807, 2.05) is 6.92 Å². The maximum absolute atomic E-state index is 12.1. The lowest BCUT2D eigenvalue weighted by molar-refractivity contribution is 0.0511. The Kier molecular flexibility index (Phi) is 4.37. The van der Waals surface area contributed by atoms with Crippen molar-refractivity contribution in [1.29, 1.82) is 0 Å². The summed E-state index contributed by atoms with van der Waals surface area (Å²) in [5.41, 5.74) is 0.878. The van der Waals surface area contributed by atoms with Crippen molar-refractivity contribution < 1.29 is 9.53 Å². The van der Waals surface area contributed by atoms with Gasteiger partial charge in [0.05, 0.1) is 0 Å². The molecular weight excluding hydrogens is 306 g/mol. The number of carbonyl (C=O) groups excluding carboxylic acids is 1. The molecule has 0 aliphatic carbocycles. The molecule has 0 aliphatic heterocycles. The van der Waals surface area contributed by atoms with E-state index in [2.05, 4.69) is 20.4 Å². The van der Waals surface area contributed by atoms with Gasteiger partial charge in [0, 0.05) is 23.5 Å². The molecule has 0 unspecified atom stereocenters. The quantitative estimate of drug-likeness (QED) is 0.852. The van der Waals surface area contributed by atoms with E-state index in [0.717, 1.165) is 5.56 Å². The standard InChI is InChI=1S/C14H18ClN5O2/c1-8-7-16-12(15)18-11(8)17-10-6-9(2)20(19-10)13(21)22-14(3,4)5/h6-7H,1-5H3,(H,16,17,18,19). The Balaban J connectivity index is 2.23. The highest BCUT2D eigenvalue weighted by Crippen LogP contribution is 2.19. The number of ether oxygens (including phenoxy) is 1. The Morgan fingerprint density at radius 3 is 2.68 bits per heavy atom. The average Bonchev–Trinajstić information content (AvgIpc) is 2.73. The number of rotatable bonds is 2. The molecule has 0 saturated heterocycles. The van der Waals surface area contributed by atoms with E-state index in [9.17, 15) is 4.79 Å². The number of hydrogen-bond acceptors (Lipinski definition) is 6. The molecule has 0 bridgehead atoms. The summed E-state index contributed by atoms with van der Waals surface area (Å²) in [6.45, 7) is 9.01. The van der Waals surface area contributed by atoms with Crippen LogP contribution < -0.4 is 5.32 Å². The molecule has 118 valence electrons. The van der Waals surface area contributed by atoms with Crippen LogP contribution in [0.2, 0.25) is 5.28 Å². The summed E-state index contributed by atoms with van der Waals surface area (Å²) in [6.07, 6.45) is 1.07. The molecular formula is C14H18ClN5O2. The van der Waals surface area contributed by atoms with Crippen molar-refractivity contribution >= 4 is 29.3 Å². The number of anilines is 2. The number of aromatic nitrogens is 4. The van der Waals surface area contributed by atoms with Crippen LogP contribution in [0.4, 0.5) is 16.4 Å². The Morgan fingerprint density at radius 2 is 2.05 bits per heavy atom. The molecule has 8 heteroatoms. The van der Waals surface area contributed by atoms with Crippen LogP contribution in [0, 0.1) is 13.8 Å². The molecule has 7 nitrogen and oxygen atoms in total. The highest BCUT2D eigenvalue weighted by atomic mass is 35.5. The first-order valence-electron chi connectivity index (χ1n) is 6.72. The first-order chi connectivity index (χ1) is 10.2. The number of aryl methyl sites for hydroxylation is 2. The van der Waals surface area contributed by atoms with Gasteiger partial charge in [0.2, 0.25) is 5.28 Å². The summed E-state index contributed by atoms with van der Waals surface area (Å²) in [5, 5.41) is 7.34. The summed E-state index contributed by atoms with van der Waals surface area (Å²) >= 11 is 5.78. The average molecular weight is 324 g/mol. The molecule has 2 aromatic heterocycles. The zero-order valence-corrected chi connectivity index (χ0v) is 13.9. The summed E-state index contributed by atoms with van der Waals surface area (Å²) in [7, 11) is 0. The highest BCUT2D eigenvalue weighted by Gasteiger charge is 2.20. The molecule has 2 aromatic rings. The number of halogens is 1. The zero-order valence-electron chi connectivity index (χ0n) is 13.1. The number of carbonyl (C=O) groups is 1. The second-order valence-electron chi connectivity index (χ2n) is 5.86. The van der Waals surface area contributed by atoms with Gasteiger partial charge in [0.1, 0.15) is 11.4 Å². The summed E-state index contributed by atoms with van der Waals surface area (Å²) in [5.74, 6) is 1.01. The topological polar surface area (TPSA) is 81.9 Å². The zero-order chi connectivity index (χ0) is 16.5. The first kappa shape index (κ1) is 16.2. The fraction of sp³-hybridized carbons (Fsp3) is 0.429. The predicted octanol–water partition coefficient (Wildman–Crippen LogP) is 3.47. The fourth-order valence-corrected chi connectivity index (χ4v) is 1.83. The predicted molar refractivity (Wildman–Crippen MR) is 83.7 cm³/mol. The summed E-state index contributed by atoms with van der Waals surface area (Å²) in [4.78, 5) is 20.0. The second-order valence-corrected chi connectivity index (χ2v) is 6.20. The number of hydrogen-bond donors (Lipinski definition) is 1. The van der Waals surface area contributed by atoms with Crippen molar-refractivity contribution in [2.45, 2.75) is 40.2 Å². The molecule has 0 amide bonds. The molecule has 0 radical (unpaired) electrons. The normalized spacial score (nSPS) is 11.4. The minimum atomic E-state index is -0.583. The van der Waals surface area contributed by atoms with Gasteiger partial charge in [-0.2, -0.15) is 4.68 Å². The van der Waals surface area contributed by atoms with E-state index in [-0.39, 0.29) is 5.28 Å². The number of nitrogens with zero attached hydrogens (tertiary/aromatic N) is 4. The van der Waals surface area contributed by atoms with Crippen molar-refractivity contribution in [3.63, 3.8) is 0 Å². The third-order valence-electron chi connectivity index (χ3n) is 2.64. The SMILES string of the molecule is Cc1cnc(Cl)nc1Nc1cc(C)n(C(=O)OC(C)(C)C)n1. The molecule has 2 rings (SSSR count). The molecule has 0 spiro atoms. The maximum atomic E-state index is 12.1. The van der Waals surface area contributed by atoms with E-state index in [1.54, 1.807) is 40.0 Å². The largest absolute Gasteiger partial charge is 0.442 e. The molecule has 0 fully saturated rings. The molecule has 22 heavy (non-hydrogen) atoms. The monoisotopic (exact) mass is 323 g/mol. The maximum Gasteiger partial charge on any atom is 0.435 e. The van der Waals surface area contributed by atoms with Crippen molar-refractivity contribution in [2.24, 2.45) is 0 Å². The van der Waals surface area contributed by atoms with Gasteiger partial charge in [0.25, 0.3) is 0 Å². The van der Waals surface area contributed by atoms with Gasteiger partial charge in [-0.25, -0.2) is 14.8 Å². The van der Waals surface area contributed by atoms with Gasteiger partial charge < -0.3 is 10.1 Å². The van der Waals surface area contributed by atoms with Gasteiger partial charge >= 0.3 is 6.09 Å². The van der Waals surface area contributed by atoms with Gasteiger partial charge in [-0.15, -0.1) is 5.10 Å². The van der Waals surface area contributed by atoms with Gasteiger partial charge in [-0.1, -0.05) is 0 Å². The molecule has 0 aromatic carbocycles. The van der Waals surface area contributed by atoms with E-state index in [1.165, 1.54) is 4.68 Å². The van der Waals surface area contributed by atoms with Crippen LogP contribution in [-0.2, 0) is 4.74 Å². The van der Waals surface area contributed by atoms with Crippen molar-refractivity contribution in [3.05, 3.63) is 28.8 Å². The molecule has 0 saturated carbocycles. The van der Waals surface area contributed by atoms with Crippen LogP contribution in [-0.4, -0.2) is 31.4 Å². The smallest absolute Gasteiger partial charge is 0.435 e. The Labute approximate surface area is 133 Å². The van der Waals surface area contributed by atoms with E-state index < -0.39 is 11.7 Å². The summed E-state index contributed by atoms with van der Waals surface area (Å²) in [6, 6.07) is 1.72. The van der Waals surface area contributed by atoms with E-state index >= 15 is 0 Å². The van der Waals surface area contributed by atoms with Gasteiger partial charge in [0.15, 0.2) is 5.82 Å². The van der Waals surface area contributed by atoms with Crippen molar-refractivity contribution in [1.82, 2.24) is 19.7 Å². The Hall–Kier alpha value is -2.15. The minimum Gasteiger partial charge on any atom is -0.442 e. The van der Waals surface area contributed by atoms with E-state index in [0.29, 0.717) is 17.3 Å². The summed E-state index contributed by atoms with van der Waals surface area (Å²) < 4.78 is 6.50. The molecule has 2 heterocycles. The Bertz CT molecular complexity index is 706. The highest BCUT2D eigenvalue weighted by molar-refractivity contribution is 6.28. The third kappa shape index (κ3) is 3.94. The van der Waals surface area contributed by atoms with Crippen LogP contribution in [0.15, 0.2) is 12.3 Å². The third-order valence-corrected chi connectivity index (χ3v) is 2.82. The van der Waals surface area contributed by atoms with Crippen LogP contribution in [0.1, 0.15) is 32.0 Å². The van der Waals surface area contributed by atoms with Crippen molar-refractivity contribution in [2.75, 3.05) is 5.32 Å². The van der Waals surface area contributed by atoms with Crippen molar-refractivity contribution in [3.8, 4) is 0 Å². The molecule has 0 aliphatic rings. The van der Waals surface area contributed by atoms with Crippen LogP contribution in [0.3, 0.4) is 0 Å². The lowest BCUT2D eigenvalue weighted by Gasteiger charge is -2.19. The second kappa shape index (κ2) is 5.92. The lowest BCUT2D eigenvalue weighted by atomic mass is 10.2. The lowest BCUT2D eigenvalue weighted by Crippen LogP contribution is -2.28. The van der Waals surface area contributed by atoms with Crippen LogP contribution >= 0.6 is 11.6 Å². The molecule has 1 N–H and O–H groups in total. The Morgan fingerprint density at radius 1 is 1.36 bits per heavy atom. The van der Waals surface area contributed by atoms with E-state index in [4.69, 9.17) is 16.3 Å². The minimum absolute atomic E-state index is 0.136.